The quantitative estimate of drug-likeness (QED) is 0.251. The van der Waals surface area contributed by atoms with Crippen LogP contribution in [0.1, 0.15) is 77.2 Å². The number of aliphatic hydroxyl groups is 1. The largest absolute Gasteiger partial charge is 0.416 e. The average molecular weight is 598 g/mol. The molecular weight excluding hydrogens is 562 g/mol. The summed E-state index contributed by atoms with van der Waals surface area (Å²) in [6, 6.07) is 14.7. The molecule has 10 heteroatoms. The van der Waals surface area contributed by atoms with Gasteiger partial charge in [-0.25, -0.2) is 4.39 Å². The summed E-state index contributed by atoms with van der Waals surface area (Å²) in [5.41, 5.74) is 0.578. The molecule has 0 radical (unpaired) electrons. The lowest BCUT2D eigenvalue weighted by Crippen LogP contribution is -2.46. The van der Waals surface area contributed by atoms with Crippen molar-refractivity contribution in [3.63, 3.8) is 0 Å². The third kappa shape index (κ3) is 6.69. The SMILES string of the molecule is Cc1cccc(F)c1C(=O)N1CCC[C@H](C(=O)Nc2ccc(CO)c(C(F)(F)F)c2)C1c1ccc(NC2CCCC2)cc1. The van der Waals surface area contributed by atoms with Crippen LogP contribution in [0.5, 0.6) is 0 Å². The van der Waals surface area contributed by atoms with Gasteiger partial charge in [0.15, 0.2) is 0 Å². The van der Waals surface area contributed by atoms with Crippen LogP contribution in [0, 0.1) is 18.7 Å². The average Bonchev–Trinajstić information content (AvgIpc) is 3.49. The van der Waals surface area contributed by atoms with Gasteiger partial charge in [0.1, 0.15) is 5.82 Å². The molecule has 0 bridgehead atoms. The number of likely N-dealkylation sites (tertiary alicyclic amines) is 1. The van der Waals surface area contributed by atoms with Gasteiger partial charge in [-0.05, 0) is 79.6 Å². The van der Waals surface area contributed by atoms with E-state index in [1.165, 1.54) is 35.9 Å². The summed E-state index contributed by atoms with van der Waals surface area (Å²) >= 11 is 0. The third-order valence-electron chi connectivity index (χ3n) is 8.50. The van der Waals surface area contributed by atoms with Crippen molar-refractivity contribution in [2.75, 3.05) is 17.2 Å². The predicted octanol–water partition coefficient (Wildman–Crippen LogP) is 7.23. The van der Waals surface area contributed by atoms with E-state index in [1.54, 1.807) is 13.0 Å². The number of hydrogen-bond donors (Lipinski definition) is 3. The van der Waals surface area contributed by atoms with Crippen LogP contribution in [-0.4, -0.2) is 34.4 Å². The molecular formula is C33H35F4N3O3. The van der Waals surface area contributed by atoms with Crippen LogP contribution in [0.3, 0.4) is 0 Å². The fourth-order valence-corrected chi connectivity index (χ4v) is 6.33. The standard InChI is InChI=1S/C33H35F4N3O3/c1-20-6-4-10-28(34)29(20)32(43)40-17-5-9-26(30(40)21-11-14-24(15-12-21)38-23-7-2-3-8-23)31(42)39-25-16-13-22(19-41)27(18-25)33(35,36)37/h4,6,10-16,18,23,26,30,38,41H,2-3,5,7-9,17,19H2,1H3,(H,39,42)/t26-,30?/m0/s1. The summed E-state index contributed by atoms with van der Waals surface area (Å²) in [4.78, 5) is 29.1. The Hall–Kier alpha value is -3.92. The first kappa shape index (κ1) is 30.5. The molecule has 1 saturated heterocycles. The molecule has 1 aliphatic carbocycles. The lowest BCUT2D eigenvalue weighted by Gasteiger charge is -2.41. The Bertz CT molecular complexity index is 1450. The Morgan fingerprint density at radius 2 is 1.65 bits per heavy atom. The number of alkyl halides is 3. The summed E-state index contributed by atoms with van der Waals surface area (Å²) in [5, 5.41) is 15.5. The van der Waals surface area contributed by atoms with Gasteiger partial charge in [-0.15, -0.1) is 0 Å². The number of rotatable bonds is 7. The van der Waals surface area contributed by atoms with Crippen molar-refractivity contribution >= 4 is 23.2 Å². The third-order valence-corrected chi connectivity index (χ3v) is 8.50. The first-order valence-corrected chi connectivity index (χ1v) is 14.6. The number of anilines is 2. The van der Waals surface area contributed by atoms with E-state index < -0.39 is 47.9 Å². The molecule has 1 heterocycles. The minimum atomic E-state index is -4.72. The zero-order valence-electron chi connectivity index (χ0n) is 23.9. The van der Waals surface area contributed by atoms with E-state index in [0.29, 0.717) is 30.0 Å². The van der Waals surface area contributed by atoms with Crippen LogP contribution in [0.25, 0.3) is 0 Å². The Morgan fingerprint density at radius 3 is 2.30 bits per heavy atom. The molecule has 0 aromatic heterocycles. The van der Waals surface area contributed by atoms with Crippen molar-refractivity contribution in [2.24, 2.45) is 5.92 Å². The van der Waals surface area contributed by atoms with Gasteiger partial charge < -0.3 is 20.6 Å². The normalized spacial score (nSPS) is 19.3. The number of benzene rings is 3. The lowest BCUT2D eigenvalue weighted by atomic mass is 9.83. The zero-order valence-corrected chi connectivity index (χ0v) is 23.9. The highest BCUT2D eigenvalue weighted by molar-refractivity contribution is 5.98. The van der Waals surface area contributed by atoms with Gasteiger partial charge in [0.25, 0.3) is 5.91 Å². The molecule has 3 N–H and O–H groups in total. The van der Waals surface area contributed by atoms with Gasteiger partial charge in [0.2, 0.25) is 5.91 Å². The molecule has 228 valence electrons. The highest BCUT2D eigenvalue weighted by Crippen LogP contribution is 2.40. The summed E-state index contributed by atoms with van der Waals surface area (Å²) in [6.07, 6.45) is 0.633. The van der Waals surface area contributed by atoms with E-state index in [0.717, 1.165) is 30.7 Å². The van der Waals surface area contributed by atoms with Crippen LogP contribution < -0.4 is 10.6 Å². The first-order valence-electron chi connectivity index (χ1n) is 14.6. The topological polar surface area (TPSA) is 81.7 Å². The molecule has 1 unspecified atom stereocenters. The maximum atomic E-state index is 14.9. The molecule has 1 aliphatic heterocycles. The van der Waals surface area contributed by atoms with Gasteiger partial charge in [0.05, 0.1) is 29.7 Å². The Kier molecular flexibility index (Phi) is 9.05. The molecule has 2 aliphatic rings. The van der Waals surface area contributed by atoms with Crippen molar-refractivity contribution in [3.8, 4) is 0 Å². The number of piperidine rings is 1. The highest BCUT2D eigenvalue weighted by atomic mass is 19.4. The van der Waals surface area contributed by atoms with Crippen LogP contribution in [0.2, 0.25) is 0 Å². The lowest BCUT2D eigenvalue weighted by molar-refractivity contribution is -0.138. The van der Waals surface area contributed by atoms with Gasteiger partial charge in [-0.2, -0.15) is 13.2 Å². The van der Waals surface area contributed by atoms with Gasteiger partial charge in [-0.1, -0.05) is 43.2 Å². The number of carbonyl (C=O) groups excluding carboxylic acids is 2. The molecule has 0 spiro atoms. The fraction of sp³-hybridized carbons (Fsp3) is 0.394. The number of halogens is 4. The van der Waals surface area contributed by atoms with Crippen LogP contribution in [-0.2, 0) is 17.6 Å². The van der Waals surface area contributed by atoms with Gasteiger partial charge in [0, 0.05) is 24.0 Å². The van der Waals surface area contributed by atoms with Crippen LogP contribution in [0.4, 0.5) is 28.9 Å². The smallest absolute Gasteiger partial charge is 0.392 e. The molecule has 43 heavy (non-hydrogen) atoms. The molecule has 2 fully saturated rings. The Morgan fingerprint density at radius 1 is 0.953 bits per heavy atom. The second-order valence-electron chi connectivity index (χ2n) is 11.4. The number of hydrogen-bond acceptors (Lipinski definition) is 4. The first-order chi connectivity index (χ1) is 20.6. The van der Waals surface area contributed by atoms with E-state index in [4.69, 9.17) is 0 Å². The van der Waals surface area contributed by atoms with Crippen molar-refractivity contribution in [3.05, 3.63) is 94.3 Å². The minimum Gasteiger partial charge on any atom is -0.392 e. The number of amides is 2. The van der Waals surface area contributed by atoms with Crippen molar-refractivity contribution in [1.29, 1.82) is 0 Å². The fourth-order valence-electron chi connectivity index (χ4n) is 6.33. The van der Waals surface area contributed by atoms with Gasteiger partial charge in [-0.3, -0.25) is 9.59 Å². The molecule has 2 amide bonds. The summed E-state index contributed by atoms with van der Waals surface area (Å²) in [5.74, 6) is -2.57. The second-order valence-corrected chi connectivity index (χ2v) is 11.4. The van der Waals surface area contributed by atoms with Crippen LogP contribution in [0.15, 0.2) is 60.7 Å². The van der Waals surface area contributed by atoms with E-state index in [-0.39, 0.29) is 23.4 Å². The van der Waals surface area contributed by atoms with E-state index >= 15 is 0 Å². The number of nitrogens with one attached hydrogen (secondary N) is 2. The van der Waals surface area contributed by atoms with E-state index in [9.17, 15) is 32.3 Å². The molecule has 1 saturated carbocycles. The number of nitrogens with zero attached hydrogens (tertiary/aromatic N) is 1. The summed E-state index contributed by atoms with van der Waals surface area (Å²) in [7, 11) is 0. The molecule has 2 atom stereocenters. The predicted molar refractivity (Wildman–Crippen MR) is 156 cm³/mol. The van der Waals surface area contributed by atoms with Crippen molar-refractivity contribution < 1.29 is 32.3 Å². The Balaban J connectivity index is 1.48. The molecule has 6 nitrogen and oxygen atoms in total. The van der Waals surface area contributed by atoms with Crippen LogP contribution >= 0.6 is 0 Å². The minimum absolute atomic E-state index is 0.0671. The second kappa shape index (κ2) is 12.8. The highest BCUT2D eigenvalue weighted by Gasteiger charge is 2.41. The molecule has 3 aromatic carbocycles. The van der Waals surface area contributed by atoms with Gasteiger partial charge >= 0.3 is 6.18 Å². The monoisotopic (exact) mass is 597 g/mol. The summed E-state index contributed by atoms with van der Waals surface area (Å²) in [6.45, 7) is 1.13. The number of aryl methyl sites for hydroxylation is 1. The van der Waals surface area contributed by atoms with Crippen molar-refractivity contribution in [1.82, 2.24) is 4.90 Å². The Labute approximate surface area is 248 Å². The maximum absolute atomic E-state index is 14.9. The summed E-state index contributed by atoms with van der Waals surface area (Å²) < 4.78 is 55.8. The number of carbonyl (C=O) groups is 2. The molecule has 3 aromatic rings. The van der Waals surface area contributed by atoms with E-state index in [1.807, 2.05) is 24.3 Å². The zero-order chi connectivity index (χ0) is 30.7. The van der Waals surface area contributed by atoms with Crippen molar-refractivity contribution in [2.45, 2.75) is 70.3 Å². The number of aliphatic hydroxyl groups excluding tert-OH is 1. The van der Waals surface area contributed by atoms with E-state index in [2.05, 4.69) is 10.6 Å². The maximum Gasteiger partial charge on any atom is 0.416 e. The molecule has 5 rings (SSSR count).